The molecule has 1 atom stereocenters. The Kier molecular flexibility index (Phi) is 7.10. The summed E-state index contributed by atoms with van der Waals surface area (Å²) in [5.41, 5.74) is -0.0985. The minimum Gasteiger partial charge on any atom is -0.223 e. The van der Waals surface area contributed by atoms with Gasteiger partial charge in [-0.25, -0.2) is 17.2 Å². The second kappa shape index (κ2) is 9.36. The van der Waals surface area contributed by atoms with Crippen molar-refractivity contribution >= 4 is 21.4 Å². The van der Waals surface area contributed by atoms with Crippen LogP contribution in [-0.2, 0) is 9.84 Å². The smallest absolute Gasteiger partial charge is 0.185 e. The summed E-state index contributed by atoms with van der Waals surface area (Å²) in [6, 6.07) is 8.84. The van der Waals surface area contributed by atoms with Crippen LogP contribution in [0, 0.1) is 17.6 Å². The van der Waals surface area contributed by atoms with E-state index in [4.69, 9.17) is 11.6 Å². The Labute approximate surface area is 170 Å². The summed E-state index contributed by atoms with van der Waals surface area (Å²) in [7, 11) is -3.88. The summed E-state index contributed by atoms with van der Waals surface area (Å²) in [5, 5.41) is -0.697. The van der Waals surface area contributed by atoms with Crippen molar-refractivity contribution < 1.29 is 17.2 Å². The van der Waals surface area contributed by atoms with E-state index in [9.17, 15) is 17.2 Å². The molecule has 0 amide bonds. The Hall–Kier alpha value is -1.46. The molecule has 0 spiro atoms. The van der Waals surface area contributed by atoms with Crippen LogP contribution >= 0.6 is 11.6 Å². The quantitative estimate of drug-likeness (QED) is 0.483. The molecule has 1 saturated carbocycles. The van der Waals surface area contributed by atoms with E-state index in [-0.39, 0.29) is 16.9 Å². The zero-order chi connectivity index (χ0) is 20.1. The van der Waals surface area contributed by atoms with Gasteiger partial charge in [0.2, 0.25) is 0 Å². The average Bonchev–Trinajstić information content (AvgIpc) is 2.68. The Morgan fingerprint density at radius 3 is 2.36 bits per heavy atom. The van der Waals surface area contributed by atoms with Gasteiger partial charge in [0.15, 0.2) is 9.84 Å². The molecule has 3 rings (SSSR count). The Morgan fingerprint density at radius 1 is 1.00 bits per heavy atom. The van der Waals surface area contributed by atoms with Crippen molar-refractivity contribution in [3.8, 4) is 0 Å². The second-order valence-electron chi connectivity index (χ2n) is 7.59. The summed E-state index contributed by atoms with van der Waals surface area (Å²) in [6.07, 6.45) is 7.89. The molecule has 0 N–H and O–H groups in total. The summed E-state index contributed by atoms with van der Waals surface area (Å²) in [4.78, 5) is 0.0724. The van der Waals surface area contributed by atoms with Gasteiger partial charge in [0.1, 0.15) is 11.6 Å². The maximum atomic E-state index is 14.5. The maximum Gasteiger partial charge on any atom is 0.185 e. The van der Waals surface area contributed by atoms with Crippen LogP contribution in [0.4, 0.5) is 8.78 Å². The standard InChI is InChI=1S/C22H25ClF2O2S/c23-17-9-12-19(13-10-17)28(26,27)22(20-15-18(24)11-14-21(20)25)8-4-7-16-5-2-1-3-6-16/h9-16,22H,1-8H2. The van der Waals surface area contributed by atoms with Gasteiger partial charge >= 0.3 is 0 Å². The highest BCUT2D eigenvalue weighted by Crippen LogP contribution is 2.37. The Morgan fingerprint density at radius 2 is 1.68 bits per heavy atom. The van der Waals surface area contributed by atoms with E-state index in [1.165, 1.54) is 56.4 Å². The van der Waals surface area contributed by atoms with Gasteiger partial charge in [-0.05, 0) is 54.8 Å². The van der Waals surface area contributed by atoms with Gasteiger partial charge in [-0.1, -0.05) is 56.5 Å². The van der Waals surface area contributed by atoms with Crippen LogP contribution in [0.2, 0.25) is 5.02 Å². The summed E-state index contributed by atoms with van der Waals surface area (Å²) in [5.74, 6) is -0.730. The van der Waals surface area contributed by atoms with E-state index in [0.717, 1.165) is 24.6 Å². The topological polar surface area (TPSA) is 34.1 Å². The molecule has 28 heavy (non-hydrogen) atoms. The van der Waals surface area contributed by atoms with Crippen LogP contribution < -0.4 is 0 Å². The highest BCUT2D eigenvalue weighted by Gasteiger charge is 2.31. The van der Waals surface area contributed by atoms with Crippen LogP contribution in [0.3, 0.4) is 0 Å². The predicted molar refractivity (Wildman–Crippen MR) is 108 cm³/mol. The van der Waals surface area contributed by atoms with Crippen molar-refractivity contribution in [2.24, 2.45) is 5.92 Å². The summed E-state index contributed by atoms with van der Waals surface area (Å²) < 4.78 is 54.8. The van der Waals surface area contributed by atoms with Crippen molar-refractivity contribution in [1.29, 1.82) is 0 Å². The zero-order valence-electron chi connectivity index (χ0n) is 15.7. The number of halogens is 3. The van der Waals surface area contributed by atoms with Crippen molar-refractivity contribution in [1.82, 2.24) is 0 Å². The van der Waals surface area contributed by atoms with E-state index in [1.807, 2.05) is 0 Å². The molecule has 2 aromatic rings. The first-order valence-electron chi connectivity index (χ1n) is 9.82. The zero-order valence-corrected chi connectivity index (χ0v) is 17.3. The average molecular weight is 427 g/mol. The SMILES string of the molecule is O=S(=O)(c1ccc(Cl)cc1)C(CCCC1CCCCC1)c1cc(F)ccc1F. The molecular weight excluding hydrogens is 402 g/mol. The van der Waals surface area contributed by atoms with Crippen LogP contribution in [0.5, 0.6) is 0 Å². The van der Waals surface area contributed by atoms with E-state index in [2.05, 4.69) is 0 Å². The van der Waals surface area contributed by atoms with Gasteiger partial charge in [-0.3, -0.25) is 0 Å². The van der Waals surface area contributed by atoms with Crippen LogP contribution in [-0.4, -0.2) is 8.42 Å². The van der Waals surface area contributed by atoms with E-state index >= 15 is 0 Å². The number of hydrogen-bond acceptors (Lipinski definition) is 2. The molecule has 1 fully saturated rings. The lowest BCUT2D eigenvalue weighted by Gasteiger charge is -2.23. The maximum absolute atomic E-state index is 14.5. The monoisotopic (exact) mass is 426 g/mol. The third kappa shape index (κ3) is 5.12. The molecule has 152 valence electrons. The first-order chi connectivity index (χ1) is 13.4. The Bertz CT molecular complexity index is 891. The third-order valence-corrected chi connectivity index (χ3v) is 8.05. The van der Waals surface area contributed by atoms with Gasteiger partial charge in [0, 0.05) is 10.6 Å². The fourth-order valence-corrected chi connectivity index (χ4v) is 6.06. The lowest BCUT2D eigenvalue weighted by molar-refractivity contribution is 0.328. The van der Waals surface area contributed by atoms with Crippen LogP contribution in [0.15, 0.2) is 47.4 Å². The van der Waals surface area contributed by atoms with Gasteiger partial charge < -0.3 is 0 Å². The molecule has 2 aromatic carbocycles. The van der Waals surface area contributed by atoms with Gasteiger partial charge in [-0.15, -0.1) is 0 Å². The van der Waals surface area contributed by atoms with Gasteiger partial charge in [-0.2, -0.15) is 0 Å². The molecule has 1 aliphatic carbocycles. The van der Waals surface area contributed by atoms with Crippen molar-refractivity contribution in [3.63, 3.8) is 0 Å². The van der Waals surface area contributed by atoms with Crippen molar-refractivity contribution in [3.05, 3.63) is 64.7 Å². The van der Waals surface area contributed by atoms with Crippen LogP contribution in [0.25, 0.3) is 0 Å². The highest BCUT2D eigenvalue weighted by molar-refractivity contribution is 7.91. The molecule has 1 unspecified atom stereocenters. The molecule has 0 aromatic heterocycles. The normalized spacial score (nSPS) is 16.8. The fourth-order valence-electron chi connectivity index (χ4n) is 4.10. The third-order valence-electron chi connectivity index (χ3n) is 5.63. The number of rotatable bonds is 7. The molecular formula is C22H25ClF2O2S. The lowest BCUT2D eigenvalue weighted by Crippen LogP contribution is -2.16. The molecule has 1 aliphatic rings. The largest absolute Gasteiger partial charge is 0.223 e. The molecule has 0 aliphatic heterocycles. The van der Waals surface area contributed by atoms with Crippen molar-refractivity contribution in [2.75, 3.05) is 0 Å². The van der Waals surface area contributed by atoms with E-state index in [0.29, 0.717) is 17.4 Å². The number of hydrogen-bond donors (Lipinski definition) is 0. The molecule has 2 nitrogen and oxygen atoms in total. The number of benzene rings is 2. The lowest BCUT2D eigenvalue weighted by atomic mass is 9.85. The van der Waals surface area contributed by atoms with Crippen molar-refractivity contribution in [2.45, 2.75) is 61.5 Å². The minimum absolute atomic E-state index is 0.0724. The molecule has 0 heterocycles. The van der Waals surface area contributed by atoms with Gasteiger partial charge in [0.25, 0.3) is 0 Å². The van der Waals surface area contributed by atoms with E-state index in [1.54, 1.807) is 0 Å². The molecule has 0 radical (unpaired) electrons. The van der Waals surface area contributed by atoms with E-state index < -0.39 is 26.7 Å². The summed E-state index contributed by atoms with van der Waals surface area (Å²) >= 11 is 5.87. The molecule has 0 bridgehead atoms. The summed E-state index contributed by atoms with van der Waals surface area (Å²) in [6.45, 7) is 0. The minimum atomic E-state index is -3.88. The fraction of sp³-hybridized carbons (Fsp3) is 0.455. The van der Waals surface area contributed by atoms with Crippen LogP contribution in [0.1, 0.15) is 62.2 Å². The second-order valence-corrected chi connectivity index (χ2v) is 10.2. The van der Waals surface area contributed by atoms with Gasteiger partial charge in [0.05, 0.1) is 10.1 Å². The molecule has 6 heteroatoms. The first kappa shape index (κ1) is 21.3. The Balaban J connectivity index is 1.87. The molecule has 0 saturated heterocycles. The predicted octanol–water partition coefficient (Wildman–Crippen LogP) is 6.88. The number of sulfone groups is 1. The highest BCUT2D eigenvalue weighted by atomic mass is 35.5. The first-order valence-corrected chi connectivity index (χ1v) is 11.7.